The third-order valence-electron chi connectivity index (χ3n) is 2.66. The molecule has 0 aliphatic rings. The lowest BCUT2D eigenvalue weighted by Crippen LogP contribution is -2.03. The van der Waals surface area contributed by atoms with E-state index in [1.54, 1.807) is 12.1 Å². The van der Waals surface area contributed by atoms with E-state index < -0.39 is 0 Å². The van der Waals surface area contributed by atoms with Crippen LogP contribution in [0.15, 0.2) is 42.5 Å². The van der Waals surface area contributed by atoms with Crippen molar-refractivity contribution in [3.8, 4) is 5.75 Å². The zero-order chi connectivity index (χ0) is 13.7. The minimum Gasteiger partial charge on any atom is -0.492 e. The Morgan fingerprint density at radius 1 is 1.11 bits per heavy atom. The molecule has 0 aromatic heterocycles. The van der Waals surface area contributed by atoms with Gasteiger partial charge in [-0.2, -0.15) is 0 Å². The second kappa shape index (κ2) is 6.69. The molecule has 4 heteroatoms. The van der Waals surface area contributed by atoms with Crippen molar-refractivity contribution in [2.24, 2.45) is 0 Å². The molecule has 1 N–H and O–H groups in total. The average Bonchev–Trinajstić information content (AvgIpc) is 2.42. The number of nitrogens with one attached hydrogen (secondary N) is 1. The maximum absolute atomic E-state index is 6.13. The molecular weight excluding hydrogens is 281 g/mol. The minimum absolute atomic E-state index is 0.601. The lowest BCUT2D eigenvalue weighted by molar-refractivity contribution is 0.341. The van der Waals surface area contributed by atoms with Crippen LogP contribution in [0.3, 0.4) is 0 Å². The molecule has 0 amide bonds. The Hall–Kier alpha value is -1.38. The Balaban J connectivity index is 2.12. The molecule has 19 heavy (non-hydrogen) atoms. The Bertz CT molecular complexity index is 558. The number of para-hydroxylation sites is 2. The summed E-state index contributed by atoms with van der Waals surface area (Å²) >= 11 is 12.1. The Morgan fingerprint density at radius 3 is 2.68 bits per heavy atom. The van der Waals surface area contributed by atoms with Gasteiger partial charge < -0.3 is 10.1 Å². The van der Waals surface area contributed by atoms with Crippen molar-refractivity contribution in [3.63, 3.8) is 0 Å². The predicted octanol–water partition coefficient (Wildman–Crippen LogP) is 5.00. The van der Waals surface area contributed by atoms with E-state index in [-0.39, 0.29) is 0 Å². The van der Waals surface area contributed by atoms with Gasteiger partial charge in [0.15, 0.2) is 0 Å². The molecule has 0 atom stereocenters. The van der Waals surface area contributed by atoms with Gasteiger partial charge in [-0.3, -0.25) is 0 Å². The first-order chi connectivity index (χ1) is 9.20. The first kappa shape index (κ1) is 14.0. The number of ether oxygens (including phenoxy) is 1. The summed E-state index contributed by atoms with van der Waals surface area (Å²) in [5, 5.41) is 4.69. The average molecular weight is 296 g/mol. The normalized spacial score (nSPS) is 10.3. The SMILES string of the molecule is CCOc1ccccc1NCc1cc(Cl)ccc1Cl. The van der Waals surface area contributed by atoms with Crippen LogP contribution in [0.1, 0.15) is 12.5 Å². The zero-order valence-electron chi connectivity index (χ0n) is 10.6. The summed E-state index contributed by atoms with van der Waals surface area (Å²) in [6.45, 7) is 3.20. The fourth-order valence-corrected chi connectivity index (χ4v) is 2.14. The fourth-order valence-electron chi connectivity index (χ4n) is 1.76. The van der Waals surface area contributed by atoms with Crippen molar-refractivity contribution in [2.45, 2.75) is 13.5 Å². The van der Waals surface area contributed by atoms with Crippen molar-refractivity contribution < 1.29 is 4.74 Å². The second-order valence-electron chi connectivity index (χ2n) is 4.02. The van der Waals surface area contributed by atoms with E-state index in [9.17, 15) is 0 Å². The summed E-state index contributed by atoms with van der Waals surface area (Å²) in [5.41, 5.74) is 1.90. The highest BCUT2D eigenvalue weighted by Crippen LogP contribution is 2.26. The molecule has 0 saturated carbocycles. The van der Waals surface area contributed by atoms with Crippen molar-refractivity contribution in [3.05, 3.63) is 58.1 Å². The van der Waals surface area contributed by atoms with Crippen LogP contribution in [-0.4, -0.2) is 6.61 Å². The van der Waals surface area contributed by atoms with Gasteiger partial charge in [0.25, 0.3) is 0 Å². The predicted molar refractivity (Wildman–Crippen MR) is 81.4 cm³/mol. The van der Waals surface area contributed by atoms with Crippen molar-refractivity contribution in [1.82, 2.24) is 0 Å². The molecule has 2 aromatic rings. The van der Waals surface area contributed by atoms with Gasteiger partial charge in [0.05, 0.1) is 12.3 Å². The molecule has 0 radical (unpaired) electrons. The van der Waals surface area contributed by atoms with E-state index in [4.69, 9.17) is 27.9 Å². The van der Waals surface area contributed by atoms with Gasteiger partial charge in [-0.25, -0.2) is 0 Å². The number of rotatable bonds is 5. The molecule has 2 aromatic carbocycles. The maximum Gasteiger partial charge on any atom is 0.142 e. The van der Waals surface area contributed by atoms with Gasteiger partial charge in [-0.1, -0.05) is 35.3 Å². The molecule has 2 nitrogen and oxygen atoms in total. The third-order valence-corrected chi connectivity index (χ3v) is 3.27. The molecule has 0 aliphatic carbocycles. The summed E-state index contributed by atoms with van der Waals surface area (Å²) in [6.07, 6.45) is 0. The molecule has 100 valence electrons. The quantitative estimate of drug-likeness (QED) is 0.838. The van der Waals surface area contributed by atoms with Crippen LogP contribution in [0.4, 0.5) is 5.69 Å². The van der Waals surface area contributed by atoms with E-state index in [2.05, 4.69) is 5.32 Å². The summed E-state index contributed by atoms with van der Waals surface area (Å²) in [7, 11) is 0. The Labute approximate surface area is 123 Å². The number of halogens is 2. The van der Waals surface area contributed by atoms with E-state index in [1.165, 1.54) is 0 Å². The number of hydrogen-bond donors (Lipinski definition) is 1. The highest BCUT2D eigenvalue weighted by atomic mass is 35.5. The monoisotopic (exact) mass is 295 g/mol. The van der Waals surface area contributed by atoms with E-state index >= 15 is 0 Å². The molecule has 0 unspecified atom stereocenters. The van der Waals surface area contributed by atoms with Crippen LogP contribution in [0, 0.1) is 0 Å². The summed E-state index contributed by atoms with van der Waals surface area (Å²) < 4.78 is 5.56. The Kier molecular flexibility index (Phi) is 4.94. The van der Waals surface area contributed by atoms with Gasteiger partial charge in [0, 0.05) is 16.6 Å². The second-order valence-corrected chi connectivity index (χ2v) is 4.86. The lowest BCUT2D eigenvalue weighted by atomic mass is 10.2. The molecule has 0 aliphatic heterocycles. The molecule has 0 bridgehead atoms. The molecular formula is C15H15Cl2NO. The largest absolute Gasteiger partial charge is 0.492 e. The maximum atomic E-state index is 6.13. The molecule has 0 spiro atoms. The van der Waals surface area contributed by atoms with Gasteiger partial charge in [-0.15, -0.1) is 0 Å². The van der Waals surface area contributed by atoms with Crippen molar-refractivity contribution in [2.75, 3.05) is 11.9 Å². The van der Waals surface area contributed by atoms with Crippen molar-refractivity contribution in [1.29, 1.82) is 0 Å². The standard InChI is InChI=1S/C15H15Cl2NO/c1-2-19-15-6-4-3-5-14(15)18-10-11-9-12(16)7-8-13(11)17/h3-9,18H,2,10H2,1H3. The number of anilines is 1. The van der Waals surface area contributed by atoms with E-state index in [1.807, 2.05) is 37.3 Å². The van der Waals surface area contributed by atoms with Crippen LogP contribution < -0.4 is 10.1 Å². The van der Waals surface area contributed by atoms with Crippen LogP contribution in [-0.2, 0) is 6.54 Å². The van der Waals surface area contributed by atoms with E-state index in [0.717, 1.165) is 17.0 Å². The van der Waals surface area contributed by atoms with E-state index in [0.29, 0.717) is 23.2 Å². The molecule has 0 heterocycles. The zero-order valence-corrected chi connectivity index (χ0v) is 12.1. The van der Waals surface area contributed by atoms with Crippen LogP contribution in [0.5, 0.6) is 5.75 Å². The smallest absolute Gasteiger partial charge is 0.142 e. The number of hydrogen-bond acceptors (Lipinski definition) is 2. The fraction of sp³-hybridized carbons (Fsp3) is 0.200. The first-order valence-corrected chi connectivity index (χ1v) is 6.86. The van der Waals surface area contributed by atoms with Gasteiger partial charge in [-0.05, 0) is 42.8 Å². The molecule has 0 saturated heterocycles. The minimum atomic E-state index is 0.601. The molecule has 2 rings (SSSR count). The third kappa shape index (κ3) is 3.79. The van der Waals surface area contributed by atoms with Crippen molar-refractivity contribution >= 4 is 28.9 Å². The summed E-state index contributed by atoms with van der Waals surface area (Å²) in [4.78, 5) is 0. The highest BCUT2D eigenvalue weighted by molar-refractivity contribution is 6.33. The molecule has 0 fully saturated rings. The summed E-state index contributed by atoms with van der Waals surface area (Å²) in [5.74, 6) is 0.836. The topological polar surface area (TPSA) is 21.3 Å². The van der Waals surface area contributed by atoms with Crippen LogP contribution >= 0.6 is 23.2 Å². The van der Waals surface area contributed by atoms with Gasteiger partial charge in [0.1, 0.15) is 5.75 Å². The summed E-state index contributed by atoms with van der Waals surface area (Å²) in [6, 6.07) is 13.3. The van der Waals surface area contributed by atoms with Gasteiger partial charge >= 0.3 is 0 Å². The lowest BCUT2D eigenvalue weighted by Gasteiger charge is -2.13. The van der Waals surface area contributed by atoms with Crippen LogP contribution in [0.25, 0.3) is 0 Å². The van der Waals surface area contributed by atoms with Crippen LogP contribution in [0.2, 0.25) is 10.0 Å². The first-order valence-electron chi connectivity index (χ1n) is 6.10. The highest BCUT2D eigenvalue weighted by Gasteiger charge is 2.04. The van der Waals surface area contributed by atoms with Gasteiger partial charge in [0.2, 0.25) is 0 Å². The number of benzene rings is 2. The Morgan fingerprint density at radius 2 is 1.89 bits per heavy atom.